The van der Waals surface area contributed by atoms with Crippen LogP contribution in [0.25, 0.3) is 11.3 Å². The van der Waals surface area contributed by atoms with Gasteiger partial charge in [0.2, 0.25) is 0 Å². The summed E-state index contributed by atoms with van der Waals surface area (Å²) >= 11 is 5.84. The van der Waals surface area contributed by atoms with Crippen molar-refractivity contribution in [3.05, 3.63) is 40.6 Å². The lowest BCUT2D eigenvalue weighted by molar-refractivity contribution is 0.629. The highest BCUT2D eigenvalue weighted by Crippen LogP contribution is 2.28. The van der Waals surface area contributed by atoms with Crippen molar-refractivity contribution in [1.29, 1.82) is 5.26 Å². The lowest BCUT2D eigenvalue weighted by Gasteiger charge is -2.06. The minimum Gasteiger partial charge on any atom is -0.330 e. The number of aromatic nitrogens is 2. The van der Waals surface area contributed by atoms with E-state index in [1.54, 1.807) is 18.5 Å². The molecule has 86 valence electrons. The van der Waals surface area contributed by atoms with Crippen LogP contribution in [0.4, 0.5) is 4.39 Å². The van der Waals surface area contributed by atoms with Crippen LogP contribution in [0.2, 0.25) is 5.02 Å². The van der Waals surface area contributed by atoms with Crippen LogP contribution in [-0.2, 0) is 7.05 Å². The van der Waals surface area contributed by atoms with E-state index in [1.807, 2.05) is 6.07 Å². The van der Waals surface area contributed by atoms with E-state index in [4.69, 9.17) is 16.9 Å². The number of hydrogen-bond acceptors (Lipinski definition) is 2. The first-order chi connectivity index (χ1) is 8.04. The normalized spacial score (nSPS) is 10.3. The summed E-state index contributed by atoms with van der Waals surface area (Å²) in [6.45, 7) is 1.76. The molecule has 1 aromatic carbocycles. The molecule has 5 heteroatoms. The maximum Gasteiger partial charge on any atom is 0.166 e. The summed E-state index contributed by atoms with van der Waals surface area (Å²) in [4.78, 5) is 4.07. The van der Waals surface area contributed by atoms with Gasteiger partial charge < -0.3 is 4.57 Å². The molecule has 0 saturated carbocycles. The quantitative estimate of drug-likeness (QED) is 0.779. The van der Waals surface area contributed by atoms with Crippen molar-refractivity contribution in [3.63, 3.8) is 0 Å². The van der Waals surface area contributed by atoms with E-state index in [2.05, 4.69) is 4.98 Å². The van der Waals surface area contributed by atoms with Gasteiger partial charge in [-0.1, -0.05) is 11.6 Å². The fourth-order valence-corrected chi connectivity index (χ4v) is 1.85. The highest BCUT2D eigenvalue weighted by Gasteiger charge is 2.17. The monoisotopic (exact) mass is 249 g/mol. The summed E-state index contributed by atoms with van der Waals surface area (Å²) in [5, 5.41) is 9.42. The minimum atomic E-state index is -0.422. The fraction of sp³-hybridized carbons (Fsp3) is 0.167. The number of imidazole rings is 1. The van der Waals surface area contributed by atoms with Crippen molar-refractivity contribution in [2.75, 3.05) is 0 Å². The second-order valence-corrected chi connectivity index (χ2v) is 4.09. The van der Waals surface area contributed by atoms with Crippen LogP contribution < -0.4 is 0 Å². The molecule has 2 aromatic rings. The lowest BCUT2D eigenvalue weighted by Crippen LogP contribution is -1.97. The predicted molar refractivity (Wildman–Crippen MR) is 63.1 cm³/mol. The van der Waals surface area contributed by atoms with Crippen molar-refractivity contribution < 1.29 is 4.39 Å². The van der Waals surface area contributed by atoms with Crippen molar-refractivity contribution in [1.82, 2.24) is 9.55 Å². The number of hydrogen-bond donors (Lipinski definition) is 0. The molecule has 0 fully saturated rings. The summed E-state index contributed by atoms with van der Waals surface area (Å²) in [7, 11) is 1.73. The number of halogens is 2. The van der Waals surface area contributed by atoms with Crippen LogP contribution >= 0.6 is 11.6 Å². The lowest BCUT2D eigenvalue weighted by atomic mass is 10.1. The van der Waals surface area contributed by atoms with Gasteiger partial charge in [-0.05, 0) is 25.1 Å². The van der Waals surface area contributed by atoms with Crippen LogP contribution in [0, 0.1) is 24.1 Å². The Kier molecular flexibility index (Phi) is 2.86. The molecule has 2 rings (SSSR count). The molecule has 0 aliphatic rings. The molecule has 0 unspecified atom stereocenters. The number of aryl methyl sites for hydroxylation is 1. The van der Waals surface area contributed by atoms with Gasteiger partial charge >= 0.3 is 0 Å². The van der Waals surface area contributed by atoms with Gasteiger partial charge in [0.1, 0.15) is 17.7 Å². The van der Waals surface area contributed by atoms with Gasteiger partial charge in [-0.15, -0.1) is 0 Å². The van der Waals surface area contributed by atoms with Crippen molar-refractivity contribution >= 4 is 11.6 Å². The van der Waals surface area contributed by atoms with Crippen LogP contribution in [0.3, 0.4) is 0 Å². The summed E-state index contributed by atoms with van der Waals surface area (Å²) in [6, 6.07) is 6.20. The molecule has 0 aliphatic carbocycles. The average molecular weight is 250 g/mol. The molecule has 3 nitrogen and oxygen atoms in total. The van der Waals surface area contributed by atoms with Gasteiger partial charge in [0.25, 0.3) is 0 Å². The molecule has 1 heterocycles. The summed E-state index contributed by atoms with van der Waals surface area (Å²) in [5.41, 5.74) is 0.938. The average Bonchev–Trinajstić information content (AvgIpc) is 2.59. The first kappa shape index (κ1) is 11.6. The van der Waals surface area contributed by atoms with Crippen LogP contribution in [-0.4, -0.2) is 9.55 Å². The van der Waals surface area contributed by atoms with Crippen LogP contribution in [0.1, 0.15) is 11.5 Å². The van der Waals surface area contributed by atoms with Gasteiger partial charge in [-0.3, -0.25) is 0 Å². The Hall–Kier alpha value is -1.86. The molecule has 0 aliphatic heterocycles. The molecule has 0 N–H and O–H groups in total. The van der Waals surface area contributed by atoms with E-state index in [9.17, 15) is 4.39 Å². The SMILES string of the molecule is Cc1nc(C#N)c(-c2cc(Cl)ccc2F)n1C. The van der Waals surface area contributed by atoms with Crippen molar-refractivity contribution in [3.8, 4) is 17.3 Å². The molecule has 0 radical (unpaired) electrons. The number of nitriles is 1. The van der Waals surface area contributed by atoms with Gasteiger partial charge in [-0.25, -0.2) is 9.37 Å². The van der Waals surface area contributed by atoms with E-state index in [0.29, 0.717) is 16.5 Å². The van der Waals surface area contributed by atoms with E-state index in [1.165, 1.54) is 18.2 Å². The Bertz CT molecular complexity index is 625. The maximum atomic E-state index is 13.8. The summed E-state index contributed by atoms with van der Waals surface area (Å²) in [6.07, 6.45) is 0. The van der Waals surface area contributed by atoms with Gasteiger partial charge in [0.15, 0.2) is 5.69 Å². The Labute approximate surface area is 103 Å². The number of benzene rings is 1. The van der Waals surface area contributed by atoms with E-state index < -0.39 is 5.82 Å². The third-order valence-electron chi connectivity index (χ3n) is 2.61. The van der Waals surface area contributed by atoms with Crippen LogP contribution in [0.5, 0.6) is 0 Å². The third-order valence-corrected chi connectivity index (χ3v) is 2.84. The zero-order valence-electron chi connectivity index (χ0n) is 9.33. The highest BCUT2D eigenvalue weighted by molar-refractivity contribution is 6.30. The first-order valence-corrected chi connectivity index (χ1v) is 5.31. The van der Waals surface area contributed by atoms with Crippen molar-refractivity contribution in [2.24, 2.45) is 7.05 Å². The topological polar surface area (TPSA) is 41.6 Å². The largest absolute Gasteiger partial charge is 0.330 e. The fourth-order valence-electron chi connectivity index (χ4n) is 1.68. The zero-order valence-corrected chi connectivity index (χ0v) is 10.1. The van der Waals surface area contributed by atoms with Crippen molar-refractivity contribution in [2.45, 2.75) is 6.92 Å². The summed E-state index contributed by atoms with van der Waals surface area (Å²) < 4.78 is 15.4. The standard InChI is InChI=1S/C12H9ClFN3/c1-7-16-11(6-15)12(17(7)2)9-5-8(13)3-4-10(9)14/h3-5H,1-2H3. The zero-order chi connectivity index (χ0) is 12.6. The molecule has 17 heavy (non-hydrogen) atoms. The van der Waals surface area contributed by atoms with Gasteiger partial charge in [0.05, 0.1) is 5.69 Å². The summed E-state index contributed by atoms with van der Waals surface area (Å²) in [5.74, 6) is 0.227. The van der Waals surface area contributed by atoms with Crippen LogP contribution in [0.15, 0.2) is 18.2 Å². The molecule has 0 amide bonds. The molecule has 0 saturated heterocycles. The van der Waals surface area contributed by atoms with Gasteiger partial charge in [0, 0.05) is 17.6 Å². The Morgan fingerprint density at radius 1 is 1.47 bits per heavy atom. The van der Waals surface area contributed by atoms with E-state index in [0.717, 1.165) is 0 Å². The number of nitrogens with zero attached hydrogens (tertiary/aromatic N) is 3. The molecule has 0 atom stereocenters. The van der Waals surface area contributed by atoms with E-state index >= 15 is 0 Å². The molecule has 0 bridgehead atoms. The third kappa shape index (κ3) is 1.90. The molecular formula is C12H9ClFN3. The first-order valence-electron chi connectivity index (χ1n) is 4.93. The predicted octanol–water partition coefficient (Wildman–Crippen LogP) is 3.06. The number of rotatable bonds is 1. The van der Waals surface area contributed by atoms with Gasteiger partial charge in [-0.2, -0.15) is 5.26 Å². The Morgan fingerprint density at radius 2 is 2.18 bits per heavy atom. The molecular weight excluding hydrogens is 241 g/mol. The minimum absolute atomic E-state index is 0.200. The smallest absolute Gasteiger partial charge is 0.166 e. The maximum absolute atomic E-state index is 13.8. The Morgan fingerprint density at radius 3 is 2.82 bits per heavy atom. The second-order valence-electron chi connectivity index (χ2n) is 3.65. The Balaban J connectivity index is 2.77. The van der Waals surface area contributed by atoms with E-state index in [-0.39, 0.29) is 11.3 Å². The second kappa shape index (κ2) is 4.19. The molecule has 1 aromatic heterocycles. The highest BCUT2D eigenvalue weighted by atomic mass is 35.5. The molecule has 0 spiro atoms.